The summed E-state index contributed by atoms with van der Waals surface area (Å²) >= 11 is 0. The highest BCUT2D eigenvalue weighted by Crippen LogP contribution is 2.33. The number of fused-ring (bicyclic) bond motifs is 1. The van der Waals surface area contributed by atoms with Crippen molar-refractivity contribution in [1.29, 1.82) is 0 Å². The van der Waals surface area contributed by atoms with Crippen molar-refractivity contribution >= 4 is 11.0 Å². The second-order valence-electron chi connectivity index (χ2n) is 2.98. The summed E-state index contributed by atoms with van der Waals surface area (Å²) in [5.74, 6) is -0.961. The van der Waals surface area contributed by atoms with Crippen molar-refractivity contribution in [2.24, 2.45) is 0 Å². The number of ether oxygens (including phenoxy) is 2. The Morgan fingerprint density at radius 3 is 2.18 bits per heavy atom. The van der Waals surface area contributed by atoms with Gasteiger partial charge in [0.25, 0.3) is 0 Å². The van der Waals surface area contributed by atoms with Crippen LogP contribution in [0.1, 0.15) is 0 Å². The third-order valence-corrected chi connectivity index (χ3v) is 1.92. The highest BCUT2D eigenvalue weighted by molar-refractivity contribution is 5.79. The molecule has 0 bridgehead atoms. The molecule has 0 aliphatic rings. The summed E-state index contributed by atoms with van der Waals surface area (Å²) in [5, 5.41) is 0. The van der Waals surface area contributed by atoms with Gasteiger partial charge in [0.15, 0.2) is 11.5 Å². The fraction of sp³-hybridized carbons (Fsp3) is 0.222. The minimum atomic E-state index is -3.13. The number of hydrogen-bond donors (Lipinski definition) is 1. The number of H-pyrrole nitrogens is 1. The second kappa shape index (κ2) is 4.48. The van der Waals surface area contributed by atoms with Crippen molar-refractivity contribution < 1.29 is 27.0 Å². The van der Waals surface area contributed by atoms with Crippen LogP contribution in [-0.4, -0.2) is 23.2 Å². The highest BCUT2D eigenvalue weighted by Gasteiger charge is 2.16. The molecule has 4 nitrogen and oxygen atoms in total. The predicted molar refractivity (Wildman–Crippen MR) is 49.4 cm³/mol. The molecule has 0 saturated carbocycles. The van der Waals surface area contributed by atoms with Crippen molar-refractivity contribution in [2.45, 2.75) is 13.2 Å². The van der Waals surface area contributed by atoms with E-state index >= 15 is 0 Å². The lowest BCUT2D eigenvalue weighted by Gasteiger charge is -2.11. The van der Waals surface area contributed by atoms with Crippen molar-refractivity contribution in [3.63, 3.8) is 0 Å². The van der Waals surface area contributed by atoms with Gasteiger partial charge in [-0.25, -0.2) is 4.98 Å². The molecule has 0 fully saturated rings. The van der Waals surface area contributed by atoms with E-state index in [1.807, 2.05) is 0 Å². The number of alkyl halides is 4. The molecular formula is C9H6F4N2O2. The Bertz CT molecular complexity index is 471. The zero-order chi connectivity index (χ0) is 12.4. The van der Waals surface area contributed by atoms with Gasteiger partial charge in [0.1, 0.15) is 0 Å². The number of rotatable bonds is 4. The fourth-order valence-corrected chi connectivity index (χ4v) is 1.32. The maximum absolute atomic E-state index is 12.1. The first-order valence-electron chi connectivity index (χ1n) is 4.43. The van der Waals surface area contributed by atoms with Gasteiger partial charge in [0.2, 0.25) is 0 Å². The van der Waals surface area contributed by atoms with Crippen LogP contribution >= 0.6 is 0 Å². The molecule has 0 spiro atoms. The van der Waals surface area contributed by atoms with E-state index in [0.717, 1.165) is 12.1 Å². The molecule has 1 aromatic heterocycles. The molecule has 0 unspecified atom stereocenters. The van der Waals surface area contributed by atoms with Crippen LogP contribution in [0.3, 0.4) is 0 Å². The molecular weight excluding hydrogens is 244 g/mol. The Hall–Kier alpha value is -1.99. The summed E-state index contributed by atoms with van der Waals surface area (Å²) in [6, 6.07) is 2.21. The van der Waals surface area contributed by atoms with Crippen molar-refractivity contribution in [1.82, 2.24) is 9.97 Å². The molecule has 92 valence electrons. The van der Waals surface area contributed by atoms with Gasteiger partial charge in [0.05, 0.1) is 17.4 Å². The topological polar surface area (TPSA) is 47.1 Å². The van der Waals surface area contributed by atoms with Gasteiger partial charge in [-0.3, -0.25) is 0 Å². The molecule has 2 rings (SSSR count). The van der Waals surface area contributed by atoms with E-state index in [2.05, 4.69) is 19.4 Å². The Morgan fingerprint density at radius 1 is 1.00 bits per heavy atom. The quantitative estimate of drug-likeness (QED) is 0.848. The minimum Gasteiger partial charge on any atom is -0.431 e. The van der Waals surface area contributed by atoms with Crippen LogP contribution < -0.4 is 9.47 Å². The maximum Gasteiger partial charge on any atom is 0.387 e. The fourth-order valence-electron chi connectivity index (χ4n) is 1.32. The molecule has 17 heavy (non-hydrogen) atoms. The third-order valence-electron chi connectivity index (χ3n) is 1.92. The molecule has 1 heterocycles. The van der Waals surface area contributed by atoms with Crippen LogP contribution in [0.15, 0.2) is 18.5 Å². The summed E-state index contributed by atoms with van der Waals surface area (Å²) in [6.07, 6.45) is 1.29. The van der Waals surface area contributed by atoms with E-state index in [0.29, 0.717) is 11.0 Å². The average Bonchev–Trinajstić information content (AvgIpc) is 2.63. The molecule has 0 atom stereocenters. The number of hydrogen-bond acceptors (Lipinski definition) is 3. The molecule has 0 saturated heterocycles. The van der Waals surface area contributed by atoms with E-state index < -0.39 is 24.7 Å². The first-order chi connectivity index (χ1) is 8.06. The lowest BCUT2D eigenvalue weighted by Crippen LogP contribution is -2.07. The number of nitrogens with zero attached hydrogens (tertiary/aromatic N) is 1. The molecule has 0 aliphatic carbocycles. The van der Waals surface area contributed by atoms with E-state index in [9.17, 15) is 17.6 Å². The normalized spacial score (nSPS) is 11.4. The van der Waals surface area contributed by atoms with Gasteiger partial charge in [-0.1, -0.05) is 0 Å². The Kier molecular flexibility index (Phi) is 3.03. The van der Waals surface area contributed by atoms with Crippen LogP contribution in [0.5, 0.6) is 11.5 Å². The summed E-state index contributed by atoms with van der Waals surface area (Å²) in [7, 11) is 0. The van der Waals surface area contributed by atoms with Crippen LogP contribution in [0.2, 0.25) is 0 Å². The number of aromatic amines is 1. The van der Waals surface area contributed by atoms with Gasteiger partial charge in [-0.05, 0) is 0 Å². The molecule has 0 aliphatic heterocycles. The Morgan fingerprint density at radius 2 is 1.59 bits per heavy atom. The molecule has 0 radical (unpaired) electrons. The second-order valence-corrected chi connectivity index (χ2v) is 2.98. The van der Waals surface area contributed by atoms with E-state index in [4.69, 9.17) is 0 Å². The van der Waals surface area contributed by atoms with Crippen LogP contribution in [0, 0.1) is 0 Å². The zero-order valence-corrected chi connectivity index (χ0v) is 8.16. The van der Waals surface area contributed by atoms with Gasteiger partial charge in [-0.15, -0.1) is 0 Å². The van der Waals surface area contributed by atoms with Gasteiger partial charge in [-0.2, -0.15) is 17.6 Å². The average molecular weight is 250 g/mol. The molecule has 0 amide bonds. The maximum atomic E-state index is 12.1. The van der Waals surface area contributed by atoms with E-state index in [1.54, 1.807) is 0 Å². The molecule has 2 aromatic rings. The van der Waals surface area contributed by atoms with E-state index in [1.165, 1.54) is 6.33 Å². The first kappa shape index (κ1) is 11.5. The summed E-state index contributed by atoms with van der Waals surface area (Å²) in [5.41, 5.74) is 0.685. The Balaban J connectivity index is 2.43. The monoisotopic (exact) mass is 250 g/mol. The number of nitrogens with one attached hydrogen (secondary N) is 1. The first-order valence-corrected chi connectivity index (χ1v) is 4.43. The largest absolute Gasteiger partial charge is 0.431 e. The van der Waals surface area contributed by atoms with E-state index in [-0.39, 0.29) is 0 Å². The van der Waals surface area contributed by atoms with Crippen molar-refractivity contribution in [2.75, 3.05) is 0 Å². The lowest BCUT2D eigenvalue weighted by molar-refractivity contribution is -0.0690. The number of halogens is 4. The lowest BCUT2D eigenvalue weighted by atomic mass is 10.3. The third kappa shape index (κ3) is 2.58. The van der Waals surface area contributed by atoms with Crippen molar-refractivity contribution in [3.05, 3.63) is 18.5 Å². The highest BCUT2D eigenvalue weighted by atomic mass is 19.3. The molecule has 1 aromatic carbocycles. The standard InChI is InChI=1S/C9H6F4N2O2/c10-8(11)16-6-1-4-5(15-3-14-4)2-7(6)17-9(12)13/h1-3,8-9H,(H,14,15). The summed E-state index contributed by atoms with van der Waals surface area (Å²) in [6.45, 7) is -6.26. The van der Waals surface area contributed by atoms with Crippen LogP contribution in [-0.2, 0) is 0 Å². The van der Waals surface area contributed by atoms with Gasteiger partial charge in [0, 0.05) is 12.1 Å². The Labute approximate surface area is 92.2 Å². The predicted octanol–water partition coefficient (Wildman–Crippen LogP) is 2.77. The molecule has 1 N–H and O–H groups in total. The number of imidazole rings is 1. The summed E-state index contributed by atoms with van der Waals surface area (Å²) in [4.78, 5) is 6.42. The number of benzene rings is 1. The summed E-state index contributed by atoms with van der Waals surface area (Å²) < 4.78 is 56.4. The van der Waals surface area contributed by atoms with Crippen LogP contribution in [0.4, 0.5) is 17.6 Å². The SMILES string of the molecule is FC(F)Oc1cc2nc[nH]c2cc1OC(F)F. The zero-order valence-electron chi connectivity index (χ0n) is 8.16. The van der Waals surface area contributed by atoms with Gasteiger partial charge < -0.3 is 14.5 Å². The molecule has 8 heteroatoms. The number of aromatic nitrogens is 2. The van der Waals surface area contributed by atoms with Crippen LogP contribution in [0.25, 0.3) is 11.0 Å². The minimum absolute atomic E-state index is 0.308. The van der Waals surface area contributed by atoms with Crippen molar-refractivity contribution in [3.8, 4) is 11.5 Å². The smallest absolute Gasteiger partial charge is 0.387 e. The van der Waals surface area contributed by atoms with Gasteiger partial charge >= 0.3 is 13.2 Å².